The summed E-state index contributed by atoms with van der Waals surface area (Å²) in [6, 6.07) is 0. The lowest BCUT2D eigenvalue weighted by Crippen LogP contribution is -2.40. The van der Waals surface area contributed by atoms with Crippen LogP contribution in [0.25, 0.3) is 0 Å². The fraction of sp³-hybridized carbons (Fsp3) is 0.583. The molecule has 0 radical (unpaired) electrons. The fourth-order valence-corrected chi connectivity index (χ4v) is 3.99. The standard InChI is InChI=1S/C12H17N7OS2/c1-7-14-10(16-15-7)8-3-2-4-19(5-8)9(20)6-21-12-18-17-11(13)22-12/h8H,2-6H2,1H3,(H2,13,17)(H,14,15,16)/t8-/m1/s1. The summed E-state index contributed by atoms with van der Waals surface area (Å²) in [6.45, 7) is 3.35. The monoisotopic (exact) mass is 339 g/mol. The molecule has 3 heterocycles. The number of aryl methyl sites for hydroxylation is 1. The Morgan fingerprint density at radius 2 is 2.41 bits per heavy atom. The molecule has 1 amide bonds. The van der Waals surface area contributed by atoms with E-state index >= 15 is 0 Å². The zero-order chi connectivity index (χ0) is 15.5. The molecule has 0 saturated carbocycles. The second-order valence-electron chi connectivity index (χ2n) is 5.15. The van der Waals surface area contributed by atoms with Gasteiger partial charge >= 0.3 is 0 Å². The number of nitrogens with two attached hydrogens (primary N) is 1. The van der Waals surface area contributed by atoms with Crippen molar-refractivity contribution in [1.29, 1.82) is 0 Å². The molecular weight excluding hydrogens is 322 g/mol. The summed E-state index contributed by atoms with van der Waals surface area (Å²) in [5.74, 6) is 2.29. The molecule has 2 aromatic heterocycles. The average molecular weight is 339 g/mol. The first-order valence-corrected chi connectivity index (χ1v) is 8.80. The summed E-state index contributed by atoms with van der Waals surface area (Å²) >= 11 is 2.68. The molecule has 2 aromatic rings. The van der Waals surface area contributed by atoms with E-state index in [2.05, 4.69) is 25.4 Å². The molecule has 1 aliphatic heterocycles. The Bertz CT molecular complexity index is 655. The molecule has 0 aliphatic carbocycles. The largest absolute Gasteiger partial charge is 0.374 e. The van der Waals surface area contributed by atoms with E-state index in [1.165, 1.54) is 23.1 Å². The second-order valence-corrected chi connectivity index (χ2v) is 7.38. The first-order valence-electron chi connectivity index (χ1n) is 7.00. The van der Waals surface area contributed by atoms with Crippen LogP contribution in [-0.4, -0.2) is 55.0 Å². The molecule has 22 heavy (non-hydrogen) atoms. The van der Waals surface area contributed by atoms with Crippen molar-refractivity contribution >= 4 is 34.1 Å². The van der Waals surface area contributed by atoms with E-state index < -0.39 is 0 Å². The highest BCUT2D eigenvalue weighted by Gasteiger charge is 2.27. The Morgan fingerprint density at radius 1 is 1.55 bits per heavy atom. The maximum atomic E-state index is 12.3. The zero-order valence-corrected chi connectivity index (χ0v) is 13.8. The van der Waals surface area contributed by atoms with Crippen LogP contribution in [-0.2, 0) is 4.79 Å². The lowest BCUT2D eigenvalue weighted by molar-refractivity contribution is -0.129. The number of rotatable bonds is 4. The number of aromatic amines is 1. The third kappa shape index (κ3) is 3.55. The van der Waals surface area contributed by atoms with Gasteiger partial charge in [-0.1, -0.05) is 23.1 Å². The van der Waals surface area contributed by atoms with Crippen molar-refractivity contribution in [2.45, 2.75) is 30.0 Å². The minimum Gasteiger partial charge on any atom is -0.374 e. The third-order valence-electron chi connectivity index (χ3n) is 3.49. The SMILES string of the molecule is Cc1nc([C@@H]2CCCN(C(=O)CSc3nnc(N)s3)C2)n[nH]1. The molecule has 0 unspecified atom stereocenters. The van der Waals surface area contributed by atoms with Crippen molar-refractivity contribution in [3.8, 4) is 0 Å². The van der Waals surface area contributed by atoms with Gasteiger partial charge in [-0.05, 0) is 19.8 Å². The highest BCUT2D eigenvalue weighted by Crippen LogP contribution is 2.27. The van der Waals surface area contributed by atoms with Gasteiger partial charge in [0.05, 0.1) is 5.75 Å². The van der Waals surface area contributed by atoms with Gasteiger partial charge in [-0.15, -0.1) is 10.2 Å². The van der Waals surface area contributed by atoms with Gasteiger partial charge in [-0.25, -0.2) is 4.98 Å². The molecular formula is C12H17N7OS2. The molecule has 10 heteroatoms. The van der Waals surface area contributed by atoms with Crippen LogP contribution in [0.5, 0.6) is 0 Å². The predicted molar refractivity (Wildman–Crippen MR) is 84.7 cm³/mol. The van der Waals surface area contributed by atoms with E-state index in [-0.39, 0.29) is 11.8 Å². The van der Waals surface area contributed by atoms with Crippen LogP contribution < -0.4 is 5.73 Å². The molecule has 8 nitrogen and oxygen atoms in total. The summed E-state index contributed by atoms with van der Waals surface area (Å²) < 4.78 is 0.726. The number of anilines is 1. The summed E-state index contributed by atoms with van der Waals surface area (Å²) in [5, 5.41) is 15.2. The predicted octanol–water partition coefficient (Wildman–Crippen LogP) is 1.05. The molecule has 1 saturated heterocycles. The number of hydrogen-bond donors (Lipinski definition) is 2. The first-order chi connectivity index (χ1) is 10.6. The van der Waals surface area contributed by atoms with Crippen LogP contribution in [0.15, 0.2) is 4.34 Å². The number of amides is 1. The molecule has 118 valence electrons. The number of hydrogen-bond acceptors (Lipinski definition) is 8. The molecule has 0 spiro atoms. The van der Waals surface area contributed by atoms with Crippen LogP contribution >= 0.6 is 23.1 Å². The first kappa shape index (κ1) is 15.2. The number of nitrogen functional groups attached to an aromatic ring is 1. The van der Waals surface area contributed by atoms with Crippen molar-refractivity contribution < 1.29 is 4.79 Å². The molecule has 1 atom stereocenters. The van der Waals surface area contributed by atoms with Crippen molar-refractivity contribution in [2.24, 2.45) is 0 Å². The minimum absolute atomic E-state index is 0.107. The third-order valence-corrected chi connectivity index (χ3v) is 5.37. The Hall–Kier alpha value is -1.68. The Labute approximate surface area is 135 Å². The van der Waals surface area contributed by atoms with Crippen molar-refractivity contribution in [3.05, 3.63) is 11.6 Å². The van der Waals surface area contributed by atoms with Crippen molar-refractivity contribution in [3.63, 3.8) is 0 Å². The van der Waals surface area contributed by atoms with E-state index in [1.54, 1.807) is 0 Å². The lowest BCUT2D eigenvalue weighted by Gasteiger charge is -2.31. The van der Waals surface area contributed by atoms with Crippen LogP contribution in [0.2, 0.25) is 0 Å². The van der Waals surface area contributed by atoms with E-state index in [0.29, 0.717) is 17.4 Å². The average Bonchev–Trinajstić information content (AvgIpc) is 3.13. The van der Waals surface area contributed by atoms with Gasteiger partial charge in [0, 0.05) is 19.0 Å². The number of nitrogens with one attached hydrogen (secondary N) is 1. The van der Waals surface area contributed by atoms with E-state index in [9.17, 15) is 4.79 Å². The molecule has 3 rings (SSSR count). The quantitative estimate of drug-likeness (QED) is 0.800. The molecule has 3 N–H and O–H groups in total. The summed E-state index contributed by atoms with van der Waals surface area (Å²) in [4.78, 5) is 18.6. The van der Waals surface area contributed by atoms with Crippen LogP contribution in [0.4, 0.5) is 5.13 Å². The molecule has 0 bridgehead atoms. The zero-order valence-electron chi connectivity index (χ0n) is 12.2. The van der Waals surface area contributed by atoms with Gasteiger partial charge in [0.25, 0.3) is 0 Å². The Balaban J connectivity index is 1.55. The smallest absolute Gasteiger partial charge is 0.233 e. The minimum atomic E-state index is 0.107. The van der Waals surface area contributed by atoms with E-state index in [0.717, 1.165) is 35.4 Å². The van der Waals surface area contributed by atoms with Crippen LogP contribution in [0.3, 0.4) is 0 Å². The fourth-order valence-electron chi connectivity index (χ4n) is 2.45. The Kier molecular flexibility index (Phi) is 4.57. The van der Waals surface area contributed by atoms with Gasteiger partial charge in [0.15, 0.2) is 10.2 Å². The summed E-state index contributed by atoms with van der Waals surface area (Å²) in [6.07, 6.45) is 1.99. The van der Waals surface area contributed by atoms with Crippen LogP contribution in [0.1, 0.15) is 30.4 Å². The molecule has 0 aromatic carbocycles. The lowest BCUT2D eigenvalue weighted by atomic mass is 9.97. The number of carbonyl (C=O) groups excluding carboxylic acids is 1. The van der Waals surface area contributed by atoms with Crippen molar-refractivity contribution in [2.75, 3.05) is 24.6 Å². The Morgan fingerprint density at radius 3 is 3.09 bits per heavy atom. The normalized spacial score (nSPS) is 18.6. The highest BCUT2D eigenvalue weighted by atomic mass is 32.2. The van der Waals surface area contributed by atoms with Gasteiger partial charge in [0.1, 0.15) is 5.82 Å². The molecule has 1 aliphatic rings. The molecule has 1 fully saturated rings. The van der Waals surface area contributed by atoms with Gasteiger partial charge in [-0.2, -0.15) is 5.10 Å². The number of H-pyrrole nitrogens is 1. The number of piperidine rings is 1. The van der Waals surface area contributed by atoms with Gasteiger partial charge in [0.2, 0.25) is 11.0 Å². The number of carbonyl (C=O) groups is 1. The second kappa shape index (κ2) is 6.61. The number of aromatic nitrogens is 5. The maximum absolute atomic E-state index is 12.3. The number of nitrogens with zero attached hydrogens (tertiary/aromatic N) is 5. The van der Waals surface area contributed by atoms with Gasteiger partial charge in [-0.3, -0.25) is 9.89 Å². The van der Waals surface area contributed by atoms with Gasteiger partial charge < -0.3 is 10.6 Å². The number of thioether (sulfide) groups is 1. The van der Waals surface area contributed by atoms with E-state index in [1.807, 2.05) is 11.8 Å². The maximum Gasteiger partial charge on any atom is 0.233 e. The van der Waals surface area contributed by atoms with Crippen LogP contribution in [0, 0.1) is 6.92 Å². The van der Waals surface area contributed by atoms with E-state index in [4.69, 9.17) is 5.73 Å². The summed E-state index contributed by atoms with van der Waals surface area (Å²) in [7, 11) is 0. The summed E-state index contributed by atoms with van der Waals surface area (Å²) in [5.41, 5.74) is 5.53. The highest BCUT2D eigenvalue weighted by molar-refractivity contribution is 8.01. The number of likely N-dealkylation sites (tertiary alicyclic amines) is 1. The topological polar surface area (TPSA) is 114 Å². The van der Waals surface area contributed by atoms with Crippen molar-refractivity contribution in [1.82, 2.24) is 30.3 Å².